The van der Waals surface area contributed by atoms with Gasteiger partial charge in [0.2, 0.25) is 0 Å². The summed E-state index contributed by atoms with van der Waals surface area (Å²) in [5, 5.41) is 8.93. The normalized spacial score (nSPS) is 27.0. The first-order valence-electron chi connectivity index (χ1n) is 8.02. The average Bonchev–Trinajstić information content (AvgIpc) is 3.22. The fraction of sp³-hybridized carbons (Fsp3) is 0.471. The molecule has 116 valence electrons. The van der Waals surface area contributed by atoms with Gasteiger partial charge in [0.15, 0.2) is 0 Å². The van der Waals surface area contributed by atoms with Crippen molar-refractivity contribution in [3.63, 3.8) is 0 Å². The fourth-order valence-corrected chi connectivity index (χ4v) is 4.47. The monoisotopic (exact) mass is 315 g/mol. The number of fused-ring (bicyclic) bond motifs is 2. The molecule has 2 atom stereocenters. The highest BCUT2D eigenvalue weighted by Gasteiger charge is 2.34. The van der Waals surface area contributed by atoms with Crippen molar-refractivity contribution in [3.8, 4) is 0 Å². The molecule has 2 aliphatic rings. The Hall–Kier alpha value is -1.59. The average molecular weight is 315 g/mol. The van der Waals surface area contributed by atoms with Gasteiger partial charge in [0.25, 0.3) is 5.91 Å². The van der Waals surface area contributed by atoms with Crippen LogP contribution in [0.5, 0.6) is 0 Å². The van der Waals surface area contributed by atoms with Gasteiger partial charge in [-0.05, 0) is 49.3 Å². The van der Waals surface area contributed by atoms with Crippen molar-refractivity contribution in [1.82, 2.24) is 15.2 Å². The summed E-state index contributed by atoms with van der Waals surface area (Å²) in [5.41, 5.74) is 0.763. The molecule has 2 aromatic heterocycles. The third-order valence-electron chi connectivity index (χ3n) is 4.78. The van der Waals surface area contributed by atoms with Crippen molar-refractivity contribution >= 4 is 17.2 Å². The molecule has 5 heteroatoms. The first-order chi connectivity index (χ1) is 10.8. The highest BCUT2D eigenvalue weighted by Crippen LogP contribution is 2.27. The van der Waals surface area contributed by atoms with Gasteiger partial charge < -0.3 is 15.2 Å². The minimum Gasteiger partial charge on any atom is -0.348 e. The molecule has 4 rings (SSSR count). The number of piperidine rings is 1. The number of carbonyl (C=O) groups excluding carboxylic acids is 1. The first-order valence-corrected chi connectivity index (χ1v) is 8.90. The number of nitrogens with zero attached hydrogens (tertiary/aromatic N) is 1. The lowest BCUT2D eigenvalue weighted by Gasteiger charge is -2.29. The molecule has 22 heavy (non-hydrogen) atoms. The Labute approximate surface area is 134 Å². The standard InChI is InChI=1S/C17H21N3OS/c21-17(19-14-9-12-5-6-13(10-14)18-12)16-4-1-7-20(16)11-15-3-2-8-22-15/h1-4,7-8,12-14,18H,5-6,9-11H2,(H,19,21). The summed E-state index contributed by atoms with van der Waals surface area (Å²) in [5.74, 6) is 0.0628. The van der Waals surface area contributed by atoms with Gasteiger partial charge in [-0.25, -0.2) is 0 Å². The number of thiophene rings is 1. The van der Waals surface area contributed by atoms with Crippen molar-refractivity contribution in [2.24, 2.45) is 0 Å². The number of amides is 1. The van der Waals surface area contributed by atoms with Crippen LogP contribution in [-0.2, 0) is 6.54 Å². The molecule has 0 spiro atoms. The summed E-state index contributed by atoms with van der Waals surface area (Å²) in [7, 11) is 0. The molecular formula is C17H21N3OS. The zero-order valence-corrected chi connectivity index (χ0v) is 13.3. The van der Waals surface area contributed by atoms with Gasteiger partial charge in [0, 0.05) is 29.2 Å². The molecule has 0 saturated carbocycles. The zero-order valence-electron chi connectivity index (χ0n) is 12.5. The van der Waals surface area contributed by atoms with Crippen LogP contribution in [0.3, 0.4) is 0 Å². The molecule has 1 amide bonds. The number of aromatic nitrogens is 1. The van der Waals surface area contributed by atoms with Crippen molar-refractivity contribution in [2.45, 2.75) is 50.4 Å². The van der Waals surface area contributed by atoms with E-state index in [1.807, 2.05) is 29.0 Å². The van der Waals surface area contributed by atoms with Crippen LogP contribution in [0.15, 0.2) is 35.8 Å². The predicted molar refractivity (Wildman–Crippen MR) is 88.3 cm³/mol. The van der Waals surface area contributed by atoms with Gasteiger partial charge in [-0.1, -0.05) is 6.07 Å². The maximum absolute atomic E-state index is 12.6. The van der Waals surface area contributed by atoms with Gasteiger partial charge in [0.1, 0.15) is 5.69 Å². The van der Waals surface area contributed by atoms with Gasteiger partial charge in [0.05, 0.1) is 6.54 Å². The lowest BCUT2D eigenvalue weighted by molar-refractivity contribution is 0.0915. The highest BCUT2D eigenvalue weighted by atomic mass is 32.1. The van der Waals surface area contributed by atoms with Crippen LogP contribution < -0.4 is 10.6 Å². The Morgan fingerprint density at radius 3 is 2.82 bits per heavy atom. The SMILES string of the molecule is O=C(NC1CC2CCC(C1)N2)c1cccn1Cc1cccs1. The van der Waals surface area contributed by atoms with Gasteiger partial charge >= 0.3 is 0 Å². The minimum atomic E-state index is 0.0628. The molecule has 4 heterocycles. The van der Waals surface area contributed by atoms with Gasteiger partial charge in [-0.3, -0.25) is 4.79 Å². The quantitative estimate of drug-likeness (QED) is 0.911. The van der Waals surface area contributed by atoms with Crippen LogP contribution in [0.4, 0.5) is 0 Å². The smallest absolute Gasteiger partial charge is 0.268 e. The van der Waals surface area contributed by atoms with E-state index in [1.54, 1.807) is 11.3 Å². The third-order valence-corrected chi connectivity index (χ3v) is 5.64. The summed E-state index contributed by atoms with van der Waals surface area (Å²) in [4.78, 5) is 13.9. The largest absolute Gasteiger partial charge is 0.348 e. The van der Waals surface area contributed by atoms with Crippen LogP contribution in [0, 0.1) is 0 Å². The second-order valence-electron chi connectivity index (χ2n) is 6.38. The molecule has 2 aromatic rings. The van der Waals surface area contributed by atoms with E-state index in [9.17, 15) is 4.79 Å². The summed E-state index contributed by atoms with van der Waals surface area (Å²) in [6.45, 7) is 0.769. The minimum absolute atomic E-state index is 0.0628. The summed E-state index contributed by atoms with van der Waals surface area (Å²) in [6.07, 6.45) is 6.63. The molecule has 2 saturated heterocycles. The van der Waals surface area contributed by atoms with Gasteiger partial charge in [-0.15, -0.1) is 11.3 Å². The van der Waals surface area contributed by atoms with Crippen molar-refractivity contribution in [3.05, 3.63) is 46.4 Å². The molecular weight excluding hydrogens is 294 g/mol. The van der Waals surface area contributed by atoms with Crippen LogP contribution in [0.25, 0.3) is 0 Å². The number of nitrogens with one attached hydrogen (secondary N) is 2. The molecule has 2 fully saturated rings. The number of rotatable bonds is 4. The van der Waals surface area contributed by atoms with Crippen molar-refractivity contribution in [2.75, 3.05) is 0 Å². The van der Waals surface area contributed by atoms with E-state index >= 15 is 0 Å². The molecule has 2 N–H and O–H groups in total. The summed E-state index contributed by atoms with van der Waals surface area (Å²) >= 11 is 1.73. The molecule has 4 nitrogen and oxygen atoms in total. The molecule has 0 aromatic carbocycles. The number of carbonyl (C=O) groups is 1. The Kier molecular flexibility index (Phi) is 3.76. The fourth-order valence-electron chi connectivity index (χ4n) is 3.76. The number of hydrogen-bond donors (Lipinski definition) is 2. The Balaban J connectivity index is 1.43. The highest BCUT2D eigenvalue weighted by molar-refractivity contribution is 7.09. The second kappa shape index (κ2) is 5.89. The Bertz CT molecular complexity index is 637. The Morgan fingerprint density at radius 1 is 1.27 bits per heavy atom. The second-order valence-corrected chi connectivity index (χ2v) is 7.41. The lowest BCUT2D eigenvalue weighted by Crippen LogP contribution is -2.48. The first kappa shape index (κ1) is 14.0. The van der Waals surface area contributed by atoms with E-state index in [0.29, 0.717) is 18.1 Å². The van der Waals surface area contributed by atoms with E-state index in [2.05, 4.69) is 22.1 Å². The maximum atomic E-state index is 12.6. The zero-order chi connectivity index (χ0) is 14.9. The number of hydrogen-bond acceptors (Lipinski definition) is 3. The summed E-state index contributed by atoms with van der Waals surface area (Å²) < 4.78 is 2.04. The molecule has 2 bridgehead atoms. The van der Waals surface area contributed by atoms with Crippen LogP contribution in [0.1, 0.15) is 41.0 Å². The molecule has 0 aliphatic carbocycles. The lowest BCUT2D eigenvalue weighted by atomic mass is 10.00. The Morgan fingerprint density at radius 2 is 2.09 bits per heavy atom. The van der Waals surface area contributed by atoms with E-state index < -0.39 is 0 Å². The van der Waals surface area contributed by atoms with Crippen LogP contribution in [0.2, 0.25) is 0 Å². The van der Waals surface area contributed by atoms with E-state index in [0.717, 1.165) is 25.1 Å². The third kappa shape index (κ3) is 2.83. The maximum Gasteiger partial charge on any atom is 0.268 e. The van der Waals surface area contributed by atoms with Gasteiger partial charge in [-0.2, -0.15) is 0 Å². The van der Waals surface area contributed by atoms with Crippen LogP contribution in [-0.4, -0.2) is 28.6 Å². The van der Waals surface area contributed by atoms with E-state index in [-0.39, 0.29) is 5.91 Å². The topological polar surface area (TPSA) is 46.1 Å². The molecule has 2 aliphatic heterocycles. The molecule has 0 radical (unpaired) electrons. The van der Waals surface area contributed by atoms with E-state index in [1.165, 1.54) is 17.7 Å². The summed E-state index contributed by atoms with van der Waals surface area (Å²) in [6, 6.07) is 9.54. The van der Waals surface area contributed by atoms with Crippen molar-refractivity contribution < 1.29 is 4.79 Å². The van der Waals surface area contributed by atoms with Crippen LogP contribution >= 0.6 is 11.3 Å². The van der Waals surface area contributed by atoms with Crippen molar-refractivity contribution in [1.29, 1.82) is 0 Å². The molecule has 2 unspecified atom stereocenters. The predicted octanol–water partition coefficient (Wildman–Crippen LogP) is 2.61. The van der Waals surface area contributed by atoms with E-state index in [4.69, 9.17) is 0 Å².